The summed E-state index contributed by atoms with van der Waals surface area (Å²) < 4.78 is 0. The lowest BCUT2D eigenvalue weighted by Crippen LogP contribution is -1.94. The standard InChI is InChI=1S/C11H10N2O2/c12-9-3-1-7(2-4-9)8-5-10(11(14)15)13-6-8/h1-6,13H,12H2,(H,14,15). The second kappa shape index (κ2) is 3.49. The molecule has 1 aromatic heterocycles. The number of aromatic amines is 1. The maximum Gasteiger partial charge on any atom is 0.352 e. The molecule has 1 aromatic carbocycles. The molecule has 76 valence electrons. The van der Waals surface area contributed by atoms with Crippen LogP contribution in [-0.2, 0) is 0 Å². The number of aromatic carboxylic acids is 1. The number of nitrogen functional groups attached to an aromatic ring is 1. The minimum atomic E-state index is -0.961. The van der Waals surface area contributed by atoms with Crippen LogP contribution in [-0.4, -0.2) is 16.1 Å². The summed E-state index contributed by atoms with van der Waals surface area (Å²) in [5, 5.41) is 8.74. The fourth-order valence-electron chi connectivity index (χ4n) is 1.36. The predicted molar refractivity (Wildman–Crippen MR) is 57.6 cm³/mol. The van der Waals surface area contributed by atoms with Gasteiger partial charge in [-0.2, -0.15) is 0 Å². The number of anilines is 1. The van der Waals surface area contributed by atoms with E-state index in [-0.39, 0.29) is 5.69 Å². The highest BCUT2D eigenvalue weighted by Crippen LogP contribution is 2.21. The van der Waals surface area contributed by atoms with Crippen molar-refractivity contribution in [2.75, 3.05) is 5.73 Å². The topological polar surface area (TPSA) is 79.1 Å². The third-order valence-corrected chi connectivity index (χ3v) is 2.16. The van der Waals surface area contributed by atoms with Gasteiger partial charge in [-0.05, 0) is 29.3 Å². The number of H-pyrrole nitrogens is 1. The van der Waals surface area contributed by atoms with Gasteiger partial charge in [0, 0.05) is 11.9 Å². The number of carbonyl (C=O) groups is 1. The quantitative estimate of drug-likeness (QED) is 0.651. The molecule has 2 rings (SSSR count). The van der Waals surface area contributed by atoms with Gasteiger partial charge in [-0.3, -0.25) is 0 Å². The number of nitrogens with two attached hydrogens (primary N) is 1. The lowest BCUT2D eigenvalue weighted by molar-refractivity contribution is 0.0691. The van der Waals surface area contributed by atoms with Crippen LogP contribution in [0.25, 0.3) is 11.1 Å². The van der Waals surface area contributed by atoms with Crippen LogP contribution in [0.1, 0.15) is 10.5 Å². The van der Waals surface area contributed by atoms with Crippen molar-refractivity contribution >= 4 is 11.7 Å². The minimum absolute atomic E-state index is 0.182. The summed E-state index contributed by atoms with van der Waals surface area (Å²) in [4.78, 5) is 13.3. The van der Waals surface area contributed by atoms with E-state index in [0.717, 1.165) is 11.1 Å². The van der Waals surface area contributed by atoms with Crippen LogP contribution in [0.4, 0.5) is 5.69 Å². The molecule has 4 nitrogen and oxygen atoms in total. The zero-order chi connectivity index (χ0) is 10.8. The van der Waals surface area contributed by atoms with E-state index in [1.54, 1.807) is 24.4 Å². The Balaban J connectivity index is 2.37. The summed E-state index contributed by atoms with van der Waals surface area (Å²) in [6.07, 6.45) is 1.66. The van der Waals surface area contributed by atoms with E-state index in [0.29, 0.717) is 5.69 Å². The molecule has 0 aliphatic rings. The average molecular weight is 202 g/mol. The van der Waals surface area contributed by atoms with Gasteiger partial charge in [-0.25, -0.2) is 4.79 Å². The molecule has 15 heavy (non-hydrogen) atoms. The minimum Gasteiger partial charge on any atom is -0.477 e. The van der Waals surface area contributed by atoms with Crippen molar-refractivity contribution in [3.05, 3.63) is 42.2 Å². The first kappa shape index (κ1) is 9.33. The molecule has 4 N–H and O–H groups in total. The Kier molecular flexibility index (Phi) is 2.17. The number of hydrogen-bond acceptors (Lipinski definition) is 2. The summed E-state index contributed by atoms with van der Waals surface area (Å²) in [6.45, 7) is 0. The molecule has 0 spiro atoms. The molecule has 0 saturated heterocycles. The van der Waals surface area contributed by atoms with E-state index in [4.69, 9.17) is 10.8 Å². The lowest BCUT2D eigenvalue weighted by atomic mass is 10.1. The molecular weight excluding hydrogens is 192 g/mol. The predicted octanol–water partition coefficient (Wildman–Crippen LogP) is 1.96. The van der Waals surface area contributed by atoms with Crippen LogP contribution in [0.2, 0.25) is 0 Å². The molecule has 0 amide bonds. The SMILES string of the molecule is Nc1ccc(-c2c[nH]c(C(=O)O)c2)cc1. The van der Waals surface area contributed by atoms with Crippen molar-refractivity contribution in [2.45, 2.75) is 0 Å². The van der Waals surface area contributed by atoms with Crippen molar-refractivity contribution in [1.29, 1.82) is 0 Å². The second-order valence-corrected chi connectivity index (χ2v) is 3.23. The molecule has 0 fully saturated rings. The molecule has 0 saturated carbocycles. The fourth-order valence-corrected chi connectivity index (χ4v) is 1.36. The maximum atomic E-state index is 10.6. The Morgan fingerprint density at radius 3 is 2.40 bits per heavy atom. The monoisotopic (exact) mass is 202 g/mol. The Hall–Kier alpha value is -2.23. The summed E-state index contributed by atoms with van der Waals surface area (Å²) in [6, 6.07) is 8.85. The van der Waals surface area contributed by atoms with Crippen LogP contribution in [0.3, 0.4) is 0 Å². The van der Waals surface area contributed by atoms with Gasteiger partial charge in [-0.15, -0.1) is 0 Å². The van der Waals surface area contributed by atoms with E-state index >= 15 is 0 Å². The highest BCUT2D eigenvalue weighted by molar-refractivity contribution is 5.87. The Bertz CT molecular complexity index is 486. The highest BCUT2D eigenvalue weighted by Gasteiger charge is 2.06. The van der Waals surface area contributed by atoms with Gasteiger partial charge in [0.05, 0.1) is 0 Å². The third kappa shape index (κ3) is 1.83. The van der Waals surface area contributed by atoms with Crippen molar-refractivity contribution in [3.8, 4) is 11.1 Å². The molecule has 4 heteroatoms. The summed E-state index contributed by atoms with van der Waals surface area (Å²) >= 11 is 0. The first-order valence-corrected chi connectivity index (χ1v) is 4.44. The number of aromatic nitrogens is 1. The zero-order valence-electron chi connectivity index (χ0n) is 7.90. The molecular formula is C11H10N2O2. The number of rotatable bonds is 2. The molecule has 0 unspecified atom stereocenters. The Morgan fingerprint density at radius 2 is 1.87 bits per heavy atom. The van der Waals surface area contributed by atoms with Gasteiger partial charge in [0.2, 0.25) is 0 Å². The average Bonchev–Trinajstić information content (AvgIpc) is 2.68. The first-order chi connectivity index (χ1) is 7.16. The molecule has 0 aliphatic heterocycles. The number of nitrogens with one attached hydrogen (secondary N) is 1. The fraction of sp³-hybridized carbons (Fsp3) is 0. The number of hydrogen-bond donors (Lipinski definition) is 3. The first-order valence-electron chi connectivity index (χ1n) is 4.44. The zero-order valence-corrected chi connectivity index (χ0v) is 7.90. The number of carboxylic acids is 1. The van der Waals surface area contributed by atoms with Crippen molar-refractivity contribution in [2.24, 2.45) is 0 Å². The van der Waals surface area contributed by atoms with E-state index < -0.39 is 5.97 Å². The Labute approximate surface area is 86.4 Å². The molecule has 2 aromatic rings. The summed E-state index contributed by atoms with van der Waals surface area (Å²) in [7, 11) is 0. The molecule has 0 bridgehead atoms. The van der Waals surface area contributed by atoms with E-state index in [1.807, 2.05) is 12.1 Å². The maximum absolute atomic E-state index is 10.6. The van der Waals surface area contributed by atoms with E-state index in [2.05, 4.69) is 4.98 Å². The molecule has 0 radical (unpaired) electrons. The van der Waals surface area contributed by atoms with Crippen LogP contribution in [0.15, 0.2) is 36.5 Å². The Morgan fingerprint density at radius 1 is 1.20 bits per heavy atom. The number of benzene rings is 1. The van der Waals surface area contributed by atoms with Crippen molar-refractivity contribution in [1.82, 2.24) is 4.98 Å². The van der Waals surface area contributed by atoms with Gasteiger partial charge in [-0.1, -0.05) is 12.1 Å². The summed E-state index contributed by atoms with van der Waals surface area (Å²) in [5.41, 5.74) is 8.20. The number of carboxylic acid groups (broad SMARTS) is 1. The van der Waals surface area contributed by atoms with Gasteiger partial charge in [0.15, 0.2) is 0 Å². The van der Waals surface area contributed by atoms with Crippen molar-refractivity contribution in [3.63, 3.8) is 0 Å². The van der Waals surface area contributed by atoms with E-state index in [1.165, 1.54) is 0 Å². The molecule has 1 heterocycles. The highest BCUT2D eigenvalue weighted by atomic mass is 16.4. The van der Waals surface area contributed by atoms with Gasteiger partial charge >= 0.3 is 5.97 Å². The van der Waals surface area contributed by atoms with Gasteiger partial charge in [0.1, 0.15) is 5.69 Å². The van der Waals surface area contributed by atoms with Gasteiger partial charge in [0.25, 0.3) is 0 Å². The van der Waals surface area contributed by atoms with Crippen LogP contribution >= 0.6 is 0 Å². The third-order valence-electron chi connectivity index (χ3n) is 2.16. The van der Waals surface area contributed by atoms with Crippen LogP contribution in [0.5, 0.6) is 0 Å². The smallest absolute Gasteiger partial charge is 0.352 e. The largest absolute Gasteiger partial charge is 0.477 e. The lowest BCUT2D eigenvalue weighted by Gasteiger charge is -1.97. The molecule has 0 atom stereocenters. The van der Waals surface area contributed by atoms with Crippen LogP contribution in [0, 0.1) is 0 Å². The van der Waals surface area contributed by atoms with E-state index in [9.17, 15) is 4.79 Å². The summed E-state index contributed by atoms with van der Waals surface area (Å²) in [5.74, 6) is -0.961. The second-order valence-electron chi connectivity index (χ2n) is 3.23. The normalized spacial score (nSPS) is 10.1. The van der Waals surface area contributed by atoms with Crippen LogP contribution < -0.4 is 5.73 Å². The van der Waals surface area contributed by atoms with Gasteiger partial charge < -0.3 is 15.8 Å². The van der Waals surface area contributed by atoms with Crippen molar-refractivity contribution < 1.29 is 9.90 Å². The molecule has 0 aliphatic carbocycles.